The van der Waals surface area contributed by atoms with Crippen LogP contribution in [0, 0.1) is 0 Å². The molecule has 0 fully saturated rings. The quantitative estimate of drug-likeness (QED) is 0.341. The van der Waals surface area contributed by atoms with Crippen LogP contribution in [0.5, 0.6) is 0 Å². The Kier molecular flexibility index (Phi) is 4.41. The number of nitrogens with two attached hydrogens (primary N) is 2. The number of hydrogen-bond donors (Lipinski definition) is 2. The first-order valence-corrected chi connectivity index (χ1v) is 11.4. The number of nitrogen functional groups attached to an aromatic ring is 2. The third-order valence-electron chi connectivity index (χ3n) is 7.44. The summed E-state index contributed by atoms with van der Waals surface area (Å²) < 4.78 is 0. The fraction of sp³-hybridized carbons (Fsp3) is 0.0667. The van der Waals surface area contributed by atoms with E-state index in [0.29, 0.717) is 11.4 Å². The van der Waals surface area contributed by atoms with E-state index >= 15 is 0 Å². The van der Waals surface area contributed by atoms with Gasteiger partial charge < -0.3 is 11.5 Å². The molecule has 174 valence electrons. The average Bonchev–Trinajstić information content (AvgIpc) is 3.27. The normalized spacial score (nSPS) is 17.2. The molecule has 0 amide bonds. The topological polar surface area (TPSA) is 120 Å². The van der Waals surface area contributed by atoms with E-state index < -0.39 is 34.0 Å². The van der Waals surface area contributed by atoms with Crippen molar-refractivity contribution < 1.29 is 19.2 Å². The molecule has 6 nitrogen and oxygen atoms in total. The fourth-order valence-electron chi connectivity index (χ4n) is 5.88. The number of fused-ring (bicyclic) bond motifs is 2. The van der Waals surface area contributed by atoms with E-state index in [1.165, 1.54) is 0 Å². The number of anilines is 2. The van der Waals surface area contributed by atoms with Gasteiger partial charge in [-0.3, -0.25) is 19.2 Å². The molecule has 0 aliphatic heterocycles. The molecule has 0 heterocycles. The van der Waals surface area contributed by atoms with Crippen LogP contribution >= 0.6 is 0 Å². The summed E-state index contributed by atoms with van der Waals surface area (Å²) in [6, 6.07) is 25.3. The number of Topliss-reactive ketones (excluding diaryl/α,β-unsaturated/α-hetero) is 4. The zero-order valence-corrected chi connectivity index (χ0v) is 19.0. The van der Waals surface area contributed by atoms with Crippen molar-refractivity contribution in [3.05, 3.63) is 130 Å². The zero-order valence-electron chi connectivity index (χ0n) is 19.0. The molecule has 2 aliphatic rings. The second-order valence-corrected chi connectivity index (χ2v) is 9.15. The van der Waals surface area contributed by atoms with Gasteiger partial charge in [0.2, 0.25) is 0 Å². The summed E-state index contributed by atoms with van der Waals surface area (Å²) in [6.45, 7) is 0. The smallest absolute Gasteiger partial charge is 0.183 e. The lowest BCUT2D eigenvalue weighted by atomic mass is 9.52. The molecule has 0 radical (unpaired) electrons. The van der Waals surface area contributed by atoms with Crippen LogP contribution in [-0.4, -0.2) is 23.1 Å². The molecule has 4 aromatic carbocycles. The van der Waals surface area contributed by atoms with Gasteiger partial charge in [-0.15, -0.1) is 0 Å². The molecule has 0 spiro atoms. The van der Waals surface area contributed by atoms with E-state index in [1.807, 2.05) is 0 Å². The zero-order chi connectivity index (χ0) is 25.2. The minimum atomic E-state index is -2.17. The molecule has 0 saturated heterocycles. The summed E-state index contributed by atoms with van der Waals surface area (Å²) in [6.07, 6.45) is 0. The maximum absolute atomic E-state index is 14.5. The minimum Gasteiger partial charge on any atom is -0.399 e. The lowest BCUT2D eigenvalue weighted by Gasteiger charge is -2.42. The number of carbonyl (C=O) groups is 4. The Morgan fingerprint density at radius 1 is 0.389 bits per heavy atom. The first kappa shape index (κ1) is 21.7. The minimum absolute atomic E-state index is 0.172. The Morgan fingerprint density at radius 3 is 0.889 bits per heavy atom. The third-order valence-corrected chi connectivity index (χ3v) is 7.44. The van der Waals surface area contributed by atoms with Crippen LogP contribution in [0.15, 0.2) is 97.1 Å². The monoisotopic (exact) mass is 472 g/mol. The van der Waals surface area contributed by atoms with Gasteiger partial charge in [0.25, 0.3) is 0 Å². The highest BCUT2D eigenvalue weighted by Gasteiger charge is 2.74. The summed E-state index contributed by atoms with van der Waals surface area (Å²) in [5, 5.41) is 0. The average molecular weight is 473 g/mol. The molecule has 4 N–H and O–H groups in total. The van der Waals surface area contributed by atoms with Gasteiger partial charge in [0.1, 0.15) is 10.8 Å². The van der Waals surface area contributed by atoms with E-state index in [-0.39, 0.29) is 33.4 Å². The standard InChI is InChI=1S/C30H20N2O4/c31-19-13-9-17(10-14-19)29(25(33)21-5-1-2-6-22(21)26(29)34)30(18-11-15-20(32)16-12-18)27(35)23-7-3-4-8-24(23)28(30)36/h1-16H,31-32H2. The number of ketones is 4. The van der Waals surface area contributed by atoms with Gasteiger partial charge in [-0.25, -0.2) is 0 Å². The number of hydrogen-bond acceptors (Lipinski definition) is 6. The van der Waals surface area contributed by atoms with E-state index in [9.17, 15) is 19.2 Å². The number of carbonyl (C=O) groups excluding carboxylic acids is 4. The lowest BCUT2D eigenvalue weighted by Crippen LogP contribution is -2.62. The molecule has 2 aliphatic carbocycles. The first-order valence-electron chi connectivity index (χ1n) is 11.4. The van der Waals surface area contributed by atoms with Crippen LogP contribution in [0.4, 0.5) is 11.4 Å². The maximum atomic E-state index is 14.5. The largest absolute Gasteiger partial charge is 0.399 e. The third kappa shape index (κ3) is 2.40. The molecular formula is C30H20N2O4. The Labute approximate surface area is 206 Å². The van der Waals surface area contributed by atoms with Gasteiger partial charge in [0, 0.05) is 33.6 Å². The fourth-order valence-corrected chi connectivity index (χ4v) is 5.88. The van der Waals surface area contributed by atoms with Crippen LogP contribution in [0.1, 0.15) is 52.6 Å². The van der Waals surface area contributed by atoms with Crippen molar-refractivity contribution in [1.29, 1.82) is 0 Å². The van der Waals surface area contributed by atoms with Crippen molar-refractivity contribution in [2.45, 2.75) is 10.8 Å². The van der Waals surface area contributed by atoms with Gasteiger partial charge in [0.15, 0.2) is 23.1 Å². The lowest BCUT2D eigenvalue weighted by molar-refractivity contribution is 0.0557. The van der Waals surface area contributed by atoms with Crippen molar-refractivity contribution in [3.63, 3.8) is 0 Å². The van der Waals surface area contributed by atoms with Crippen molar-refractivity contribution in [1.82, 2.24) is 0 Å². The van der Waals surface area contributed by atoms with Gasteiger partial charge in [0.05, 0.1) is 0 Å². The van der Waals surface area contributed by atoms with Crippen LogP contribution in [0.3, 0.4) is 0 Å². The molecule has 36 heavy (non-hydrogen) atoms. The van der Waals surface area contributed by atoms with Gasteiger partial charge in [-0.1, -0.05) is 72.8 Å². The highest BCUT2D eigenvalue weighted by atomic mass is 16.2. The van der Waals surface area contributed by atoms with Gasteiger partial charge in [-0.2, -0.15) is 0 Å². The molecule has 6 heteroatoms. The van der Waals surface area contributed by atoms with E-state index in [4.69, 9.17) is 11.5 Å². The molecular weight excluding hydrogens is 452 g/mol. The second-order valence-electron chi connectivity index (χ2n) is 9.15. The predicted molar refractivity (Wildman–Crippen MR) is 135 cm³/mol. The molecule has 0 unspecified atom stereocenters. The Balaban J connectivity index is 1.81. The van der Waals surface area contributed by atoms with Crippen LogP contribution < -0.4 is 11.5 Å². The Bertz CT molecular complexity index is 1420. The molecule has 0 bridgehead atoms. The van der Waals surface area contributed by atoms with Crippen LogP contribution in [-0.2, 0) is 10.8 Å². The summed E-state index contributed by atoms with van der Waals surface area (Å²) in [4.78, 5) is 58.0. The SMILES string of the molecule is Nc1ccc(C2(C3(c4ccc(N)cc4)C(=O)c4ccccc4C3=O)C(=O)c3ccccc3C2=O)cc1. The maximum Gasteiger partial charge on any atom is 0.183 e. The Hall–Kier alpha value is -4.84. The second kappa shape index (κ2) is 7.33. The summed E-state index contributed by atoms with van der Waals surface area (Å²) >= 11 is 0. The van der Waals surface area contributed by atoms with Crippen LogP contribution in [0.2, 0.25) is 0 Å². The number of benzene rings is 4. The van der Waals surface area contributed by atoms with E-state index in [2.05, 4.69) is 0 Å². The molecule has 0 atom stereocenters. The first-order chi connectivity index (χ1) is 17.3. The summed E-state index contributed by atoms with van der Waals surface area (Å²) in [5.41, 5.74) is 9.52. The Morgan fingerprint density at radius 2 is 0.639 bits per heavy atom. The van der Waals surface area contributed by atoms with Gasteiger partial charge in [-0.05, 0) is 35.4 Å². The van der Waals surface area contributed by atoms with Crippen molar-refractivity contribution >= 4 is 34.5 Å². The molecule has 6 rings (SSSR count). The molecule has 0 saturated carbocycles. The van der Waals surface area contributed by atoms with Crippen molar-refractivity contribution in [3.8, 4) is 0 Å². The van der Waals surface area contributed by atoms with Crippen molar-refractivity contribution in [2.24, 2.45) is 0 Å². The predicted octanol–water partition coefficient (Wildman–Crippen LogP) is 4.19. The highest BCUT2D eigenvalue weighted by Crippen LogP contribution is 2.58. The summed E-state index contributed by atoms with van der Waals surface area (Å²) in [5.74, 6) is -2.39. The van der Waals surface area contributed by atoms with E-state index in [1.54, 1.807) is 97.1 Å². The highest BCUT2D eigenvalue weighted by molar-refractivity contribution is 6.45. The van der Waals surface area contributed by atoms with Crippen LogP contribution in [0.25, 0.3) is 0 Å². The number of rotatable bonds is 3. The molecule has 0 aromatic heterocycles. The van der Waals surface area contributed by atoms with Gasteiger partial charge >= 0.3 is 0 Å². The van der Waals surface area contributed by atoms with Crippen molar-refractivity contribution in [2.75, 3.05) is 11.5 Å². The summed E-state index contributed by atoms with van der Waals surface area (Å²) in [7, 11) is 0. The van der Waals surface area contributed by atoms with E-state index in [0.717, 1.165) is 0 Å². The molecule has 4 aromatic rings.